The van der Waals surface area contributed by atoms with Gasteiger partial charge in [0.25, 0.3) is 0 Å². The van der Waals surface area contributed by atoms with Crippen LogP contribution in [0.1, 0.15) is 22.8 Å². The lowest BCUT2D eigenvalue weighted by atomic mass is 10.1. The second-order valence-electron chi connectivity index (χ2n) is 4.49. The maximum atomic E-state index is 6.10. The molecular formula is C13H14ClN3O2. The monoisotopic (exact) mass is 279 g/mol. The number of hydrogen-bond acceptors (Lipinski definition) is 5. The summed E-state index contributed by atoms with van der Waals surface area (Å²) in [5.74, 6) is 2.18. The van der Waals surface area contributed by atoms with Crippen LogP contribution >= 0.6 is 11.6 Å². The van der Waals surface area contributed by atoms with E-state index in [2.05, 4.69) is 15.5 Å². The van der Waals surface area contributed by atoms with Crippen LogP contribution < -0.4 is 10.1 Å². The number of hydrogen-bond donors (Lipinski definition) is 1. The number of aromatic nitrogens is 2. The molecule has 19 heavy (non-hydrogen) atoms. The lowest BCUT2D eigenvalue weighted by molar-refractivity contribution is 0.349. The van der Waals surface area contributed by atoms with E-state index >= 15 is 0 Å². The lowest BCUT2D eigenvalue weighted by Gasteiger charge is -2.09. The molecule has 0 bridgehead atoms. The fourth-order valence-electron chi connectivity index (χ4n) is 2.19. The molecule has 5 nitrogen and oxygen atoms in total. The second-order valence-corrected chi connectivity index (χ2v) is 4.93. The molecule has 0 aliphatic carbocycles. The normalized spacial score (nSPS) is 13.4. The average Bonchev–Trinajstić information content (AvgIpc) is 2.98. The smallest absolute Gasteiger partial charge is 0.240 e. The Hall–Kier alpha value is -1.59. The zero-order valence-corrected chi connectivity index (χ0v) is 11.3. The van der Waals surface area contributed by atoms with Crippen LogP contribution in [0.4, 0.5) is 0 Å². The first kappa shape index (κ1) is 12.4. The molecule has 0 spiro atoms. The number of fused-ring (bicyclic) bond motifs is 1. The van der Waals surface area contributed by atoms with E-state index < -0.39 is 0 Å². The summed E-state index contributed by atoms with van der Waals surface area (Å²) in [6.45, 7) is 3.71. The van der Waals surface area contributed by atoms with Crippen LogP contribution in [-0.4, -0.2) is 16.7 Å². The fraction of sp³-hybridized carbons (Fsp3) is 0.385. The predicted molar refractivity (Wildman–Crippen MR) is 70.2 cm³/mol. The van der Waals surface area contributed by atoms with E-state index in [1.54, 1.807) is 6.92 Å². The van der Waals surface area contributed by atoms with Crippen molar-refractivity contribution in [2.75, 3.05) is 6.61 Å². The Balaban J connectivity index is 1.67. The zero-order valence-electron chi connectivity index (χ0n) is 10.6. The highest BCUT2D eigenvalue weighted by molar-refractivity contribution is 6.30. The highest BCUT2D eigenvalue weighted by Crippen LogP contribution is 2.32. The van der Waals surface area contributed by atoms with Gasteiger partial charge >= 0.3 is 0 Å². The highest BCUT2D eigenvalue weighted by Gasteiger charge is 2.17. The van der Waals surface area contributed by atoms with Crippen LogP contribution in [0.25, 0.3) is 0 Å². The van der Waals surface area contributed by atoms with Crippen molar-refractivity contribution in [1.82, 2.24) is 15.5 Å². The summed E-state index contributed by atoms with van der Waals surface area (Å²) < 4.78 is 10.7. The molecule has 0 radical (unpaired) electrons. The molecular weight excluding hydrogens is 266 g/mol. The van der Waals surface area contributed by atoms with Gasteiger partial charge in [0.1, 0.15) is 5.75 Å². The first-order valence-electron chi connectivity index (χ1n) is 6.16. The molecule has 0 saturated carbocycles. The van der Waals surface area contributed by atoms with E-state index in [9.17, 15) is 0 Å². The van der Waals surface area contributed by atoms with Gasteiger partial charge in [0.15, 0.2) is 5.82 Å². The molecule has 0 fully saturated rings. The Morgan fingerprint density at radius 1 is 1.37 bits per heavy atom. The zero-order chi connectivity index (χ0) is 13.2. The van der Waals surface area contributed by atoms with E-state index in [1.807, 2.05) is 12.1 Å². The van der Waals surface area contributed by atoms with Crippen molar-refractivity contribution in [1.29, 1.82) is 0 Å². The molecule has 100 valence electrons. The summed E-state index contributed by atoms with van der Waals surface area (Å²) in [6, 6.07) is 3.90. The summed E-state index contributed by atoms with van der Waals surface area (Å²) in [6.07, 6.45) is 0.922. The van der Waals surface area contributed by atoms with Crippen LogP contribution in [-0.2, 0) is 19.5 Å². The molecule has 0 unspecified atom stereocenters. The Morgan fingerprint density at radius 3 is 3.05 bits per heavy atom. The third kappa shape index (κ3) is 2.72. The molecule has 3 rings (SSSR count). The van der Waals surface area contributed by atoms with Crippen LogP contribution in [0.2, 0.25) is 5.02 Å². The van der Waals surface area contributed by atoms with E-state index in [0.717, 1.165) is 29.4 Å². The summed E-state index contributed by atoms with van der Waals surface area (Å²) >= 11 is 6.10. The standard InChI is InChI=1S/C13H14ClN3O2/c1-8-16-12(19-17-8)7-15-6-10-5-11(14)4-9-2-3-18-13(9)10/h4-5,15H,2-3,6-7H2,1H3. The average molecular weight is 280 g/mol. The van der Waals surface area contributed by atoms with Gasteiger partial charge in [-0.3, -0.25) is 0 Å². The Labute approximate surface area is 115 Å². The Bertz CT molecular complexity index is 598. The van der Waals surface area contributed by atoms with Gasteiger partial charge in [-0.1, -0.05) is 16.8 Å². The van der Waals surface area contributed by atoms with E-state index in [1.165, 1.54) is 5.56 Å². The van der Waals surface area contributed by atoms with Gasteiger partial charge in [0.2, 0.25) is 5.89 Å². The van der Waals surface area contributed by atoms with Gasteiger partial charge < -0.3 is 14.6 Å². The van der Waals surface area contributed by atoms with Crippen molar-refractivity contribution in [2.45, 2.75) is 26.4 Å². The molecule has 1 aliphatic heterocycles. The van der Waals surface area contributed by atoms with Crippen molar-refractivity contribution < 1.29 is 9.26 Å². The fourth-order valence-corrected chi connectivity index (χ4v) is 2.46. The van der Waals surface area contributed by atoms with Crippen molar-refractivity contribution in [3.63, 3.8) is 0 Å². The molecule has 0 amide bonds. The maximum absolute atomic E-state index is 6.10. The summed E-state index contributed by atoms with van der Waals surface area (Å²) in [5.41, 5.74) is 2.24. The summed E-state index contributed by atoms with van der Waals surface area (Å²) in [7, 11) is 0. The van der Waals surface area contributed by atoms with Gasteiger partial charge in [-0.05, 0) is 24.6 Å². The molecule has 2 heterocycles. The second kappa shape index (κ2) is 5.19. The van der Waals surface area contributed by atoms with Crippen LogP contribution in [0.5, 0.6) is 5.75 Å². The quantitative estimate of drug-likeness (QED) is 0.930. The van der Waals surface area contributed by atoms with E-state index in [4.69, 9.17) is 20.9 Å². The van der Waals surface area contributed by atoms with Crippen molar-refractivity contribution in [2.24, 2.45) is 0 Å². The highest BCUT2D eigenvalue weighted by atomic mass is 35.5. The van der Waals surface area contributed by atoms with Crippen molar-refractivity contribution in [3.05, 3.63) is 40.0 Å². The molecule has 1 aliphatic rings. The Morgan fingerprint density at radius 2 is 2.26 bits per heavy atom. The number of aryl methyl sites for hydroxylation is 1. The van der Waals surface area contributed by atoms with Crippen molar-refractivity contribution in [3.8, 4) is 5.75 Å². The van der Waals surface area contributed by atoms with E-state index in [0.29, 0.717) is 24.8 Å². The molecule has 6 heteroatoms. The number of benzene rings is 1. The van der Waals surface area contributed by atoms with Crippen molar-refractivity contribution >= 4 is 11.6 Å². The molecule has 1 N–H and O–H groups in total. The van der Waals surface area contributed by atoms with Gasteiger partial charge in [-0.25, -0.2) is 0 Å². The van der Waals surface area contributed by atoms with Crippen LogP contribution in [0.3, 0.4) is 0 Å². The first-order valence-corrected chi connectivity index (χ1v) is 6.54. The third-order valence-electron chi connectivity index (χ3n) is 2.99. The molecule has 0 atom stereocenters. The maximum Gasteiger partial charge on any atom is 0.240 e. The van der Waals surface area contributed by atoms with Gasteiger partial charge in [-0.15, -0.1) is 0 Å². The SMILES string of the molecule is Cc1noc(CNCc2cc(Cl)cc3c2OCC3)n1. The number of rotatable bonds is 4. The molecule has 1 aromatic heterocycles. The number of ether oxygens (including phenoxy) is 1. The molecule has 0 saturated heterocycles. The van der Waals surface area contributed by atoms with E-state index in [-0.39, 0.29) is 0 Å². The summed E-state index contributed by atoms with van der Waals surface area (Å²) in [5, 5.41) is 7.74. The lowest BCUT2D eigenvalue weighted by Crippen LogP contribution is -2.13. The topological polar surface area (TPSA) is 60.2 Å². The molecule has 2 aromatic rings. The van der Waals surface area contributed by atoms with Crippen LogP contribution in [0, 0.1) is 6.92 Å². The number of nitrogens with zero attached hydrogens (tertiary/aromatic N) is 2. The van der Waals surface area contributed by atoms with Gasteiger partial charge in [0, 0.05) is 23.6 Å². The predicted octanol–water partition coefficient (Wildman–Crippen LogP) is 2.26. The summed E-state index contributed by atoms with van der Waals surface area (Å²) in [4.78, 5) is 4.13. The number of halogens is 1. The van der Waals surface area contributed by atoms with Gasteiger partial charge in [-0.2, -0.15) is 4.98 Å². The number of nitrogens with one attached hydrogen (secondary N) is 1. The third-order valence-corrected chi connectivity index (χ3v) is 3.20. The van der Waals surface area contributed by atoms with Crippen LogP contribution in [0.15, 0.2) is 16.7 Å². The molecule has 1 aromatic carbocycles. The largest absolute Gasteiger partial charge is 0.493 e. The minimum Gasteiger partial charge on any atom is -0.493 e. The minimum absolute atomic E-state index is 0.530. The minimum atomic E-state index is 0.530. The van der Waals surface area contributed by atoms with Gasteiger partial charge in [0.05, 0.1) is 13.2 Å². The first-order chi connectivity index (χ1) is 9.22. The Kier molecular flexibility index (Phi) is 3.40.